The third kappa shape index (κ3) is 1.54. The Morgan fingerprint density at radius 2 is 2.00 bits per heavy atom. The lowest BCUT2D eigenvalue weighted by Gasteiger charge is -2.15. The minimum atomic E-state index is -0.124. The van der Waals surface area contributed by atoms with Gasteiger partial charge in [-0.3, -0.25) is 4.79 Å². The van der Waals surface area contributed by atoms with Gasteiger partial charge in [-0.2, -0.15) is 5.10 Å². The van der Waals surface area contributed by atoms with Crippen LogP contribution in [0.25, 0.3) is 5.69 Å². The second-order valence-corrected chi connectivity index (χ2v) is 4.24. The summed E-state index contributed by atoms with van der Waals surface area (Å²) in [7, 11) is 0. The van der Waals surface area contributed by atoms with Crippen molar-refractivity contribution >= 4 is 5.78 Å². The van der Waals surface area contributed by atoms with Gasteiger partial charge in [0.05, 0.1) is 29.4 Å². The number of carbonyl (C=O) groups excluding carboxylic acids is 1. The maximum atomic E-state index is 12.0. The van der Waals surface area contributed by atoms with E-state index in [0.717, 1.165) is 17.6 Å². The van der Waals surface area contributed by atoms with Crippen molar-refractivity contribution in [1.29, 1.82) is 0 Å². The third-order valence-electron chi connectivity index (χ3n) is 3.19. The molecule has 1 aliphatic rings. The molecule has 0 fully saturated rings. The molecule has 0 unspecified atom stereocenters. The zero-order valence-electron chi connectivity index (χ0n) is 9.71. The second-order valence-electron chi connectivity index (χ2n) is 4.24. The van der Waals surface area contributed by atoms with Gasteiger partial charge < -0.3 is 5.11 Å². The number of hydrogen-bond donors (Lipinski definition) is 1. The van der Waals surface area contributed by atoms with E-state index < -0.39 is 0 Å². The van der Waals surface area contributed by atoms with E-state index in [1.807, 2.05) is 30.3 Å². The fourth-order valence-corrected chi connectivity index (χ4v) is 2.26. The van der Waals surface area contributed by atoms with Gasteiger partial charge in [-0.15, -0.1) is 0 Å². The zero-order valence-corrected chi connectivity index (χ0v) is 9.71. The van der Waals surface area contributed by atoms with Gasteiger partial charge in [0, 0.05) is 5.57 Å². The predicted octanol–water partition coefficient (Wildman–Crippen LogP) is 2.44. The molecule has 3 rings (SSSR count). The highest BCUT2D eigenvalue weighted by Crippen LogP contribution is 2.26. The number of para-hydroxylation sites is 1. The van der Waals surface area contributed by atoms with Crippen molar-refractivity contribution in [1.82, 2.24) is 9.78 Å². The molecule has 1 aromatic heterocycles. The highest BCUT2D eigenvalue weighted by Gasteiger charge is 2.26. The molecule has 90 valence electrons. The Labute approximate surface area is 104 Å². The van der Waals surface area contributed by atoms with Crippen LogP contribution in [-0.4, -0.2) is 20.7 Å². The highest BCUT2D eigenvalue weighted by molar-refractivity contribution is 6.10. The molecule has 0 bridgehead atoms. The number of fused-ring (bicyclic) bond motifs is 1. The number of aliphatic hydroxyl groups excluding tert-OH is 1. The topological polar surface area (TPSA) is 55.1 Å². The standard InChI is InChI=1S/C14H12N2O2/c17-9-10-6-7-13-12(14(10)18)8-15-16(13)11-4-2-1-3-5-11/h1-5,8-9,17H,6-7H2/b10-9-. The number of hydrogen-bond acceptors (Lipinski definition) is 3. The van der Waals surface area contributed by atoms with E-state index in [1.54, 1.807) is 10.9 Å². The van der Waals surface area contributed by atoms with Gasteiger partial charge in [-0.05, 0) is 25.0 Å². The van der Waals surface area contributed by atoms with Gasteiger partial charge in [0.2, 0.25) is 0 Å². The largest absolute Gasteiger partial charge is 0.515 e. The number of aromatic nitrogens is 2. The highest BCUT2D eigenvalue weighted by atomic mass is 16.2. The Hall–Kier alpha value is -2.36. The van der Waals surface area contributed by atoms with Crippen LogP contribution in [0, 0.1) is 0 Å². The first-order valence-corrected chi connectivity index (χ1v) is 5.81. The molecular formula is C14H12N2O2. The number of allylic oxidation sites excluding steroid dienone is 1. The van der Waals surface area contributed by atoms with Gasteiger partial charge >= 0.3 is 0 Å². The van der Waals surface area contributed by atoms with Crippen molar-refractivity contribution in [2.24, 2.45) is 0 Å². The van der Waals surface area contributed by atoms with E-state index in [4.69, 9.17) is 5.11 Å². The van der Waals surface area contributed by atoms with Crippen molar-refractivity contribution < 1.29 is 9.90 Å². The summed E-state index contributed by atoms with van der Waals surface area (Å²) >= 11 is 0. The van der Waals surface area contributed by atoms with E-state index in [0.29, 0.717) is 24.0 Å². The summed E-state index contributed by atoms with van der Waals surface area (Å²) in [5.41, 5.74) is 2.90. The molecule has 1 N–H and O–H groups in total. The summed E-state index contributed by atoms with van der Waals surface area (Å²) in [4.78, 5) is 12.0. The Morgan fingerprint density at radius 1 is 1.22 bits per heavy atom. The lowest BCUT2D eigenvalue weighted by Crippen LogP contribution is -2.15. The zero-order chi connectivity index (χ0) is 12.5. The van der Waals surface area contributed by atoms with Gasteiger partial charge in [0.15, 0.2) is 5.78 Å². The van der Waals surface area contributed by atoms with Crippen LogP contribution in [0.2, 0.25) is 0 Å². The summed E-state index contributed by atoms with van der Waals surface area (Å²) in [6.45, 7) is 0. The molecule has 1 aliphatic carbocycles. The van der Waals surface area contributed by atoms with Crippen LogP contribution >= 0.6 is 0 Å². The summed E-state index contributed by atoms with van der Waals surface area (Å²) in [6.07, 6.45) is 3.75. The molecular weight excluding hydrogens is 228 g/mol. The van der Waals surface area contributed by atoms with Crippen molar-refractivity contribution in [3.8, 4) is 5.69 Å². The molecule has 0 aliphatic heterocycles. The molecule has 0 saturated heterocycles. The van der Waals surface area contributed by atoms with Crippen molar-refractivity contribution in [2.75, 3.05) is 0 Å². The van der Waals surface area contributed by atoms with Gasteiger partial charge in [-0.25, -0.2) is 4.68 Å². The Kier molecular flexibility index (Phi) is 2.48. The molecule has 4 nitrogen and oxygen atoms in total. The number of Topliss-reactive ketones (excluding diaryl/α,β-unsaturated/α-hetero) is 1. The van der Waals surface area contributed by atoms with Gasteiger partial charge in [0.25, 0.3) is 0 Å². The number of carbonyl (C=O) groups is 1. The molecule has 0 radical (unpaired) electrons. The minimum absolute atomic E-state index is 0.124. The first-order valence-electron chi connectivity index (χ1n) is 5.81. The molecule has 4 heteroatoms. The van der Waals surface area contributed by atoms with Crippen LogP contribution < -0.4 is 0 Å². The SMILES string of the molecule is O=C1/C(=C\O)CCc2c1cnn2-c1ccccc1. The molecule has 18 heavy (non-hydrogen) atoms. The maximum Gasteiger partial charge on any atom is 0.195 e. The van der Waals surface area contributed by atoms with Gasteiger partial charge in [-0.1, -0.05) is 18.2 Å². The molecule has 0 saturated carbocycles. The Morgan fingerprint density at radius 3 is 2.72 bits per heavy atom. The second kappa shape index (κ2) is 4.14. The van der Waals surface area contributed by atoms with Gasteiger partial charge in [0.1, 0.15) is 0 Å². The summed E-state index contributed by atoms with van der Waals surface area (Å²) < 4.78 is 1.79. The average Bonchev–Trinajstić information content (AvgIpc) is 2.85. The normalized spacial score (nSPS) is 16.9. The quantitative estimate of drug-likeness (QED) is 0.615. The monoisotopic (exact) mass is 240 g/mol. The third-order valence-corrected chi connectivity index (χ3v) is 3.19. The van der Waals surface area contributed by atoms with Crippen LogP contribution in [-0.2, 0) is 6.42 Å². The number of benzene rings is 1. The van der Waals surface area contributed by atoms with E-state index in [2.05, 4.69) is 5.10 Å². The summed E-state index contributed by atoms with van der Waals surface area (Å²) in [5, 5.41) is 13.3. The lowest BCUT2D eigenvalue weighted by molar-refractivity contribution is 0.102. The molecule has 1 aromatic carbocycles. The fourth-order valence-electron chi connectivity index (χ4n) is 2.26. The predicted molar refractivity (Wildman–Crippen MR) is 66.9 cm³/mol. The molecule has 0 atom stereocenters. The lowest BCUT2D eigenvalue weighted by atomic mass is 9.92. The van der Waals surface area contributed by atoms with Crippen molar-refractivity contribution in [3.05, 3.63) is 59.6 Å². The number of aliphatic hydroxyl groups is 1. The summed E-state index contributed by atoms with van der Waals surface area (Å²) in [5.74, 6) is -0.124. The molecule has 0 amide bonds. The van der Waals surface area contributed by atoms with Crippen LogP contribution in [0.5, 0.6) is 0 Å². The van der Waals surface area contributed by atoms with E-state index >= 15 is 0 Å². The number of rotatable bonds is 1. The van der Waals surface area contributed by atoms with Crippen molar-refractivity contribution in [3.63, 3.8) is 0 Å². The Bertz CT molecular complexity index is 626. The molecule has 0 spiro atoms. The fraction of sp³-hybridized carbons (Fsp3) is 0.143. The Balaban J connectivity index is 2.10. The average molecular weight is 240 g/mol. The van der Waals surface area contributed by atoms with E-state index in [9.17, 15) is 4.79 Å². The van der Waals surface area contributed by atoms with E-state index in [1.165, 1.54) is 0 Å². The van der Waals surface area contributed by atoms with Crippen molar-refractivity contribution in [2.45, 2.75) is 12.8 Å². The number of ketones is 1. The van der Waals surface area contributed by atoms with Crippen LogP contribution in [0.15, 0.2) is 48.4 Å². The summed E-state index contributed by atoms with van der Waals surface area (Å²) in [6, 6.07) is 9.72. The smallest absolute Gasteiger partial charge is 0.195 e. The van der Waals surface area contributed by atoms with E-state index in [-0.39, 0.29) is 5.78 Å². The maximum absolute atomic E-state index is 12.0. The first kappa shape index (κ1) is 10.8. The van der Waals surface area contributed by atoms with Crippen LogP contribution in [0.3, 0.4) is 0 Å². The first-order chi connectivity index (χ1) is 8.81. The minimum Gasteiger partial charge on any atom is -0.515 e. The number of nitrogens with zero attached hydrogens (tertiary/aromatic N) is 2. The van der Waals surface area contributed by atoms with Crippen LogP contribution in [0.1, 0.15) is 22.5 Å². The van der Waals surface area contributed by atoms with Crippen LogP contribution in [0.4, 0.5) is 0 Å². The molecule has 2 aromatic rings. The molecule has 1 heterocycles.